The van der Waals surface area contributed by atoms with Crippen molar-refractivity contribution >= 4 is 0 Å². The summed E-state index contributed by atoms with van der Waals surface area (Å²) < 4.78 is 0. The van der Waals surface area contributed by atoms with Gasteiger partial charge >= 0.3 is 0 Å². The van der Waals surface area contributed by atoms with Crippen LogP contribution in [0.4, 0.5) is 0 Å². The first-order chi connectivity index (χ1) is 9.10. The maximum atomic E-state index is 3.44. The summed E-state index contributed by atoms with van der Waals surface area (Å²) in [5.41, 5.74) is 6.78. The molecule has 0 amide bonds. The largest absolute Gasteiger partial charge is 0.313 e. The number of hydrogen-bond donors (Lipinski definition) is 1. The molecule has 0 fully saturated rings. The minimum absolute atomic E-state index is 0.378. The Morgan fingerprint density at radius 2 is 1.53 bits per heavy atom. The first kappa shape index (κ1) is 13.8. The molecule has 1 heteroatoms. The van der Waals surface area contributed by atoms with Gasteiger partial charge in [0.1, 0.15) is 0 Å². The standard InChI is InChI=1S/C18H23N/c1-13-5-8-16(9-6-13)12-18(19-4)17-10-7-14(2)11-15(17)3/h5-11,18-19H,12H2,1-4H3. The van der Waals surface area contributed by atoms with Crippen molar-refractivity contribution < 1.29 is 0 Å². The molecule has 1 atom stereocenters. The van der Waals surface area contributed by atoms with Crippen LogP contribution in [0.25, 0.3) is 0 Å². The van der Waals surface area contributed by atoms with Gasteiger partial charge in [-0.2, -0.15) is 0 Å². The van der Waals surface area contributed by atoms with Gasteiger partial charge in [-0.3, -0.25) is 0 Å². The fourth-order valence-corrected chi connectivity index (χ4v) is 2.54. The van der Waals surface area contributed by atoms with E-state index in [9.17, 15) is 0 Å². The topological polar surface area (TPSA) is 12.0 Å². The zero-order valence-corrected chi connectivity index (χ0v) is 12.3. The van der Waals surface area contributed by atoms with E-state index in [1.54, 1.807) is 0 Å². The van der Waals surface area contributed by atoms with Crippen molar-refractivity contribution in [1.82, 2.24) is 5.32 Å². The van der Waals surface area contributed by atoms with Crippen molar-refractivity contribution in [2.24, 2.45) is 0 Å². The average Bonchev–Trinajstić information content (AvgIpc) is 2.39. The maximum absolute atomic E-state index is 3.44. The van der Waals surface area contributed by atoms with Crippen LogP contribution in [0, 0.1) is 20.8 Å². The Morgan fingerprint density at radius 3 is 2.11 bits per heavy atom. The molecule has 0 aliphatic carbocycles. The first-order valence-corrected chi connectivity index (χ1v) is 6.90. The Balaban J connectivity index is 2.22. The lowest BCUT2D eigenvalue weighted by Gasteiger charge is -2.19. The molecule has 2 rings (SSSR count). The molecule has 0 saturated carbocycles. The van der Waals surface area contributed by atoms with Crippen molar-refractivity contribution in [3.63, 3.8) is 0 Å². The van der Waals surface area contributed by atoms with Crippen LogP contribution in [0.15, 0.2) is 42.5 Å². The summed E-state index contributed by atoms with van der Waals surface area (Å²) in [6, 6.07) is 15.9. The molecule has 2 aromatic carbocycles. The summed E-state index contributed by atoms with van der Waals surface area (Å²) in [7, 11) is 2.04. The van der Waals surface area contributed by atoms with Crippen molar-refractivity contribution in [2.45, 2.75) is 33.2 Å². The molecule has 0 bridgehead atoms. The molecule has 0 radical (unpaired) electrons. The van der Waals surface area contributed by atoms with Crippen LogP contribution in [0.3, 0.4) is 0 Å². The molecule has 1 N–H and O–H groups in total. The zero-order valence-electron chi connectivity index (χ0n) is 12.3. The van der Waals surface area contributed by atoms with E-state index in [-0.39, 0.29) is 0 Å². The van der Waals surface area contributed by atoms with Gasteiger partial charge in [0, 0.05) is 6.04 Å². The molecule has 0 aliphatic heterocycles. The van der Waals surface area contributed by atoms with Crippen LogP contribution in [0.5, 0.6) is 0 Å². The van der Waals surface area contributed by atoms with Crippen LogP contribution in [0.1, 0.15) is 33.9 Å². The molecule has 19 heavy (non-hydrogen) atoms. The monoisotopic (exact) mass is 253 g/mol. The lowest BCUT2D eigenvalue weighted by atomic mass is 9.94. The Labute approximate surface area is 116 Å². The van der Waals surface area contributed by atoms with Crippen LogP contribution in [-0.4, -0.2) is 7.05 Å². The van der Waals surface area contributed by atoms with Crippen LogP contribution >= 0.6 is 0 Å². The highest BCUT2D eigenvalue weighted by Crippen LogP contribution is 2.22. The minimum Gasteiger partial charge on any atom is -0.313 e. The quantitative estimate of drug-likeness (QED) is 0.864. The van der Waals surface area contributed by atoms with Crippen molar-refractivity contribution in [3.05, 3.63) is 70.3 Å². The van der Waals surface area contributed by atoms with Crippen molar-refractivity contribution in [2.75, 3.05) is 7.05 Å². The van der Waals surface area contributed by atoms with E-state index < -0.39 is 0 Å². The third-order valence-corrected chi connectivity index (χ3v) is 3.71. The van der Waals surface area contributed by atoms with Crippen LogP contribution in [-0.2, 0) is 6.42 Å². The first-order valence-electron chi connectivity index (χ1n) is 6.90. The van der Waals surface area contributed by atoms with Gasteiger partial charge in [-0.1, -0.05) is 53.6 Å². The second kappa shape index (κ2) is 6.03. The lowest BCUT2D eigenvalue weighted by molar-refractivity contribution is 0.589. The number of benzene rings is 2. The van der Waals surface area contributed by atoms with Gasteiger partial charge in [0.05, 0.1) is 0 Å². The average molecular weight is 253 g/mol. The van der Waals surface area contributed by atoms with Crippen molar-refractivity contribution in [1.29, 1.82) is 0 Å². The summed E-state index contributed by atoms with van der Waals surface area (Å²) in [4.78, 5) is 0. The van der Waals surface area contributed by atoms with Gasteiger partial charge in [-0.05, 0) is 50.9 Å². The Bertz CT molecular complexity index is 540. The van der Waals surface area contributed by atoms with Crippen LogP contribution < -0.4 is 5.32 Å². The highest BCUT2D eigenvalue weighted by atomic mass is 14.9. The van der Waals surface area contributed by atoms with Gasteiger partial charge in [0.25, 0.3) is 0 Å². The molecule has 0 aromatic heterocycles. The van der Waals surface area contributed by atoms with Gasteiger partial charge in [-0.15, -0.1) is 0 Å². The molecule has 100 valence electrons. The summed E-state index contributed by atoms with van der Waals surface area (Å²) in [6.45, 7) is 6.47. The van der Waals surface area contributed by atoms with Gasteiger partial charge in [0.2, 0.25) is 0 Å². The summed E-state index contributed by atoms with van der Waals surface area (Å²) >= 11 is 0. The van der Waals surface area contributed by atoms with E-state index in [0.717, 1.165) is 6.42 Å². The zero-order chi connectivity index (χ0) is 13.8. The third kappa shape index (κ3) is 3.45. The van der Waals surface area contributed by atoms with E-state index in [4.69, 9.17) is 0 Å². The number of nitrogens with one attached hydrogen (secondary N) is 1. The number of hydrogen-bond acceptors (Lipinski definition) is 1. The SMILES string of the molecule is CNC(Cc1ccc(C)cc1)c1ccc(C)cc1C. The van der Waals surface area contributed by atoms with Gasteiger partial charge in [-0.25, -0.2) is 0 Å². The molecular weight excluding hydrogens is 230 g/mol. The number of rotatable bonds is 4. The van der Waals surface area contributed by atoms with E-state index in [1.807, 2.05) is 7.05 Å². The number of aryl methyl sites for hydroxylation is 3. The van der Waals surface area contributed by atoms with Gasteiger partial charge < -0.3 is 5.32 Å². The molecule has 0 aliphatic rings. The summed E-state index contributed by atoms with van der Waals surface area (Å²) in [5.74, 6) is 0. The molecule has 2 aromatic rings. The van der Waals surface area contributed by atoms with E-state index in [2.05, 4.69) is 68.6 Å². The highest BCUT2D eigenvalue weighted by Gasteiger charge is 2.12. The molecule has 0 heterocycles. The second-order valence-corrected chi connectivity index (χ2v) is 5.39. The normalized spacial score (nSPS) is 12.4. The Kier molecular flexibility index (Phi) is 4.39. The lowest BCUT2D eigenvalue weighted by Crippen LogP contribution is -2.19. The Hall–Kier alpha value is -1.60. The fraction of sp³-hybridized carbons (Fsp3) is 0.333. The van der Waals surface area contributed by atoms with E-state index >= 15 is 0 Å². The molecule has 1 unspecified atom stereocenters. The fourth-order valence-electron chi connectivity index (χ4n) is 2.54. The van der Waals surface area contributed by atoms with E-state index in [1.165, 1.54) is 27.8 Å². The van der Waals surface area contributed by atoms with Crippen molar-refractivity contribution in [3.8, 4) is 0 Å². The molecule has 1 nitrogen and oxygen atoms in total. The smallest absolute Gasteiger partial charge is 0.0361 e. The van der Waals surface area contributed by atoms with E-state index in [0.29, 0.717) is 6.04 Å². The molecule has 0 saturated heterocycles. The summed E-state index contributed by atoms with van der Waals surface area (Å²) in [5, 5.41) is 3.44. The highest BCUT2D eigenvalue weighted by molar-refractivity contribution is 5.34. The minimum atomic E-state index is 0.378. The third-order valence-electron chi connectivity index (χ3n) is 3.71. The van der Waals surface area contributed by atoms with Crippen LogP contribution in [0.2, 0.25) is 0 Å². The van der Waals surface area contributed by atoms with Gasteiger partial charge in [0.15, 0.2) is 0 Å². The second-order valence-electron chi connectivity index (χ2n) is 5.39. The predicted octanol–water partition coefficient (Wildman–Crippen LogP) is 4.12. The molecular formula is C18H23N. The Morgan fingerprint density at radius 1 is 0.895 bits per heavy atom. The predicted molar refractivity (Wildman–Crippen MR) is 82.6 cm³/mol. The summed E-state index contributed by atoms with van der Waals surface area (Å²) in [6.07, 6.45) is 1.03. The maximum Gasteiger partial charge on any atom is 0.0361 e. The number of likely N-dealkylation sites (N-methyl/N-ethyl adjacent to an activating group) is 1. The molecule has 0 spiro atoms.